The summed E-state index contributed by atoms with van der Waals surface area (Å²) in [6, 6.07) is 0.271. The van der Waals surface area contributed by atoms with Crippen LogP contribution in [0.4, 0.5) is 0 Å². The highest BCUT2D eigenvalue weighted by Gasteiger charge is 2.37. The highest BCUT2D eigenvalue weighted by molar-refractivity contribution is 5.92. The Hall–Kier alpha value is -1.36. The molecule has 3 unspecified atom stereocenters. The number of hydrogen-bond donors (Lipinski definition) is 2. The van der Waals surface area contributed by atoms with Crippen LogP contribution in [0.2, 0.25) is 0 Å². The van der Waals surface area contributed by atoms with Gasteiger partial charge < -0.3 is 11.5 Å². The average Bonchev–Trinajstić information content (AvgIpc) is 2.96. The first-order chi connectivity index (χ1) is 9.89. The van der Waals surface area contributed by atoms with E-state index in [1.807, 2.05) is 4.68 Å². The minimum atomic E-state index is -0.424. The van der Waals surface area contributed by atoms with Crippen LogP contribution in [0.3, 0.4) is 0 Å². The second-order valence-electron chi connectivity index (χ2n) is 6.99. The minimum absolute atomic E-state index is 0.271. The van der Waals surface area contributed by atoms with Crippen LogP contribution in [0, 0.1) is 17.3 Å². The van der Waals surface area contributed by atoms with E-state index in [4.69, 9.17) is 11.5 Å². The molecule has 4 N–H and O–H groups in total. The molecule has 0 radical (unpaired) electrons. The van der Waals surface area contributed by atoms with E-state index >= 15 is 0 Å². The zero-order chi connectivity index (χ0) is 15.6. The third kappa shape index (κ3) is 3.28. The van der Waals surface area contributed by atoms with E-state index < -0.39 is 5.91 Å². The Morgan fingerprint density at radius 1 is 1.48 bits per heavy atom. The van der Waals surface area contributed by atoms with Gasteiger partial charge in [0.25, 0.3) is 5.91 Å². The second-order valence-corrected chi connectivity index (χ2v) is 6.99. The van der Waals surface area contributed by atoms with Gasteiger partial charge in [-0.15, -0.1) is 0 Å². The van der Waals surface area contributed by atoms with Crippen LogP contribution in [-0.4, -0.2) is 22.2 Å². The summed E-state index contributed by atoms with van der Waals surface area (Å²) in [6.07, 6.45) is 7.93. The summed E-state index contributed by atoms with van der Waals surface area (Å²) in [5, 5.41) is 4.36. The summed E-state index contributed by atoms with van der Waals surface area (Å²) in [6.45, 7) is 7.60. The van der Waals surface area contributed by atoms with Gasteiger partial charge in [-0.2, -0.15) is 5.10 Å². The van der Waals surface area contributed by atoms with Gasteiger partial charge in [-0.25, -0.2) is 0 Å². The van der Waals surface area contributed by atoms with E-state index in [-0.39, 0.29) is 6.04 Å². The molecule has 1 saturated carbocycles. The maximum absolute atomic E-state index is 11.3. The number of carbonyl (C=O) groups is 1. The van der Waals surface area contributed by atoms with Crippen LogP contribution in [0.25, 0.3) is 0 Å². The van der Waals surface area contributed by atoms with Crippen LogP contribution >= 0.6 is 0 Å². The van der Waals surface area contributed by atoms with Gasteiger partial charge in [0.15, 0.2) is 0 Å². The molecule has 5 heteroatoms. The van der Waals surface area contributed by atoms with Crippen molar-refractivity contribution in [3.63, 3.8) is 0 Å². The van der Waals surface area contributed by atoms with Crippen molar-refractivity contribution in [1.29, 1.82) is 0 Å². The van der Waals surface area contributed by atoms with E-state index in [1.54, 1.807) is 12.4 Å². The molecule has 118 valence electrons. The van der Waals surface area contributed by atoms with E-state index in [1.165, 1.54) is 12.8 Å². The normalized spacial score (nSPS) is 26.8. The van der Waals surface area contributed by atoms with Gasteiger partial charge in [-0.05, 0) is 43.1 Å². The Labute approximate surface area is 127 Å². The zero-order valence-electron chi connectivity index (χ0n) is 13.4. The molecule has 5 nitrogen and oxygen atoms in total. The maximum atomic E-state index is 11.3. The van der Waals surface area contributed by atoms with Crippen molar-refractivity contribution < 1.29 is 4.79 Å². The van der Waals surface area contributed by atoms with Crippen molar-refractivity contribution in [3.8, 4) is 0 Å². The summed E-state index contributed by atoms with van der Waals surface area (Å²) in [4.78, 5) is 11.3. The van der Waals surface area contributed by atoms with Crippen LogP contribution < -0.4 is 11.5 Å². The van der Waals surface area contributed by atoms with Crippen molar-refractivity contribution in [2.24, 2.45) is 28.7 Å². The average molecular weight is 292 g/mol. The number of amides is 1. The molecular formula is C16H28N4O. The third-order valence-electron chi connectivity index (χ3n) is 5.50. The Balaban J connectivity index is 2.22. The number of hydrogen-bond acceptors (Lipinski definition) is 3. The molecule has 1 heterocycles. The van der Waals surface area contributed by atoms with E-state index in [2.05, 4.69) is 25.9 Å². The molecule has 1 fully saturated rings. The predicted octanol–water partition coefficient (Wildman–Crippen LogP) is 2.33. The molecule has 2 rings (SSSR count). The lowest BCUT2D eigenvalue weighted by molar-refractivity contribution is 0.0849. The number of aromatic nitrogens is 2. The molecule has 0 saturated heterocycles. The lowest BCUT2D eigenvalue weighted by atomic mass is 9.66. The molecule has 0 spiro atoms. The van der Waals surface area contributed by atoms with Crippen LogP contribution in [0.1, 0.15) is 62.9 Å². The van der Waals surface area contributed by atoms with E-state index in [0.29, 0.717) is 29.4 Å². The smallest absolute Gasteiger partial charge is 0.251 e. The fourth-order valence-corrected chi connectivity index (χ4v) is 3.45. The quantitative estimate of drug-likeness (QED) is 0.873. The molecule has 1 aromatic rings. The van der Waals surface area contributed by atoms with Crippen LogP contribution in [0.5, 0.6) is 0 Å². The molecule has 0 bridgehead atoms. The molecule has 21 heavy (non-hydrogen) atoms. The topological polar surface area (TPSA) is 86.9 Å². The standard InChI is InChI=1S/C16H28N4O/c1-4-16(2,3)13-6-5-11(8-17)14(7-13)20-10-12(9-19-20)15(18)21/h9-11,13-14H,4-8,17H2,1-3H3,(H2,18,21). The molecule has 3 atom stereocenters. The second kappa shape index (κ2) is 6.18. The van der Waals surface area contributed by atoms with Crippen molar-refractivity contribution in [1.82, 2.24) is 9.78 Å². The fraction of sp³-hybridized carbons (Fsp3) is 0.750. The SMILES string of the molecule is CCC(C)(C)C1CCC(CN)C(n2cc(C(N)=O)cn2)C1. The fourth-order valence-electron chi connectivity index (χ4n) is 3.45. The predicted molar refractivity (Wildman–Crippen MR) is 83.7 cm³/mol. The number of primary amides is 1. The number of nitrogens with zero attached hydrogens (tertiary/aromatic N) is 2. The molecule has 1 amide bonds. The molecule has 0 aliphatic heterocycles. The summed E-state index contributed by atoms with van der Waals surface area (Å²) in [5.74, 6) is 0.665. The first-order valence-electron chi connectivity index (χ1n) is 7.93. The Kier molecular flexibility index (Phi) is 4.71. The van der Waals surface area contributed by atoms with Crippen molar-refractivity contribution in [3.05, 3.63) is 18.0 Å². The summed E-state index contributed by atoms with van der Waals surface area (Å²) in [7, 11) is 0. The number of rotatable bonds is 5. The highest BCUT2D eigenvalue weighted by Crippen LogP contribution is 2.45. The van der Waals surface area contributed by atoms with Crippen LogP contribution in [0.15, 0.2) is 12.4 Å². The van der Waals surface area contributed by atoms with Gasteiger partial charge >= 0.3 is 0 Å². The number of nitrogens with two attached hydrogens (primary N) is 2. The monoisotopic (exact) mass is 292 g/mol. The Morgan fingerprint density at radius 3 is 2.71 bits per heavy atom. The van der Waals surface area contributed by atoms with Crippen molar-refractivity contribution >= 4 is 5.91 Å². The molecular weight excluding hydrogens is 264 g/mol. The first-order valence-corrected chi connectivity index (χ1v) is 7.93. The van der Waals surface area contributed by atoms with Gasteiger partial charge in [-0.3, -0.25) is 9.48 Å². The molecule has 1 aliphatic carbocycles. The molecule has 1 aromatic heterocycles. The first kappa shape index (κ1) is 16.0. The molecule has 0 aromatic carbocycles. The van der Waals surface area contributed by atoms with Gasteiger partial charge in [0.05, 0.1) is 17.8 Å². The lowest BCUT2D eigenvalue weighted by Gasteiger charge is -2.43. The van der Waals surface area contributed by atoms with Gasteiger partial charge in [-0.1, -0.05) is 27.2 Å². The summed E-state index contributed by atoms with van der Waals surface area (Å²) >= 11 is 0. The van der Waals surface area contributed by atoms with Crippen molar-refractivity contribution in [2.75, 3.05) is 6.54 Å². The van der Waals surface area contributed by atoms with Crippen LogP contribution in [-0.2, 0) is 0 Å². The van der Waals surface area contributed by atoms with Gasteiger partial charge in [0, 0.05) is 6.20 Å². The summed E-state index contributed by atoms with van der Waals surface area (Å²) in [5.41, 5.74) is 12.1. The Bertz CT molecular complexity index is 494. The number of carbonyl (C=O) groups excluding carboxylic acids is 1. The lowest BCUT2D eigenvalue weighted by Crippen LogP contribution is -2.37. The van der Waals surface area contributed by atoms with E-state index in [9.17, 15) is 4.79 Å². The summed E-state index contributed by atoms with van der Waals surface area (Å²) < 4.78 is 1.91. The van der Waals surface area contributed by atoms with Gasteiger partial charge in [0.2, 0.25) is 0 Å². The molecule has 1 aliphatic rings. The van der Waals surface area contributed by atoms with Gasteiger partial charge in [0.1, 0.15) is 0 Å². The largest absolute Gasteiger partial charge is 0.366 e. The highest BCUT2D eigenvalue weighted by atomic mass is 16.1. The minimum Gasteiger partial charge on any atom is -0.366 e. The van der Waals surface area contributed by atoms with Crippen molar-refractivity contribution in [2.45, 2.75) is 52.5 Å². The van der Waals surface area contributed by atoms with E-state index in [0.717, 1.165) is 12.8 Å². The zero-order valence-corrected chi connectivity index (χ0v) is 13.4. The third-order valence-corrected chi connectivity index (χ3v) is 5.50. The maximum Gasteiger partial charge on any atom is 0.251 e. The Morgan fingerprint density at radius 2 is 2.19 bits per heavy atom.